The van der Waals surface area contributed by atoms with Gasteiger partial charge in [-0.15, -0.1) is 0 Å². The highest BCUT2D eigenvalue weighted by Crippen LogP contribution is 2.20. The number of nitrogens with zero attached hydrogens (tertiary/aromatic N) is 1. The highest BCUT2D eigenvalue weighted by molar-refractivity contribution is 14.1. The molecule has 0 radical (unpaired) electrons. The maximum Gasteiger partial charge on any atom is 0.108 e. The number of pyridine rings is 1. The summed E-state index contributed by atoms with van der Waals surface area (Å²) in [4.78, 5) is 4.16. The van der Waals surface area contributed by atoms with Crippen LogP contribution in [0.4, 0.5) is 5.69 Å². The Morgan fingerprint density at radius 3 is 2.80 bits per heavy atom. The van der Waals surface area contributed by atoms with Crippen molar-refractivity contribution in [3.05, 3.63) is 19.9 Å². The number of hydrogen-bond donors (Lipinski definition) is 1. The molecule has 0 unspecified atom stereocenters. The Labute approximate surface area is 81.5 Å². The molecule has 1 rings (SSSR count). The largest absolute Gasteiger partial charge is 0.398 e. The Morgan fingerprint density at radius 2 is 2.30 bits per heavy atom. The van der Waals surface area contributed by atoms with Crippen LogP contribution in [-0.2, 0) is 0 Å². The number of aryl methyl sites for hydroxylation is 1. The van der Waals surface area contributed by atoms with Crippen LogP contribution in [-0.4, -0.2) is 4.98 Å². The second-order valence-corrected chi connectivity index (χ2v) is 3.82. The van der Waals surface area contributed by atoms with E-state index in [0.717, 1.165) is 19.6 Å². The van der Waals surface area contributed by atoms with Crippen LogP contribution in [0.2, 0.25) is 0 Å². The maximum atomic E-state index is 5.64. The van der Waals surface area contributed by atoms with Crippen molar-refractivity contribution in [2.24, 2.45) is 0 Å². The smallest absolute Gasteiger partial charge is 0.108 e. The fourth-order valence-electron chi connectivity index (χ4n) is 0.642. The molecule has 0 amide bonds. The Balaban J connectivity index is 3.31. The average Bonchev–Trinajstić information content (AvgIpc) is 1.82. The van der Waals surface area contributed by atoms with Crippen LogP contribution in [0.25, 0.3) is 0 Å². The fraction of sp³-hybridized carbons (Fsp3) is 0.167. The van der Waals surface area contributed by atoms with Crippen molar-refractivity contribution in [1.29, 1.82) is 0 Å². The molecule has 0 spiro atoms. The summed E-state index contributed by atoms with van der Waals surface area (Å²) in [7, 11) is 0. The van der Waals surface area contributed by atoms with E-state index in [-0.39, 0.29) is 0 Å². The van der Waals surface area contributed by atoms with Crippen LogP contribution in [0.3, 0.4) is 0 Å². The normalized spacial score (nSPS) is 9.90. The van der Waals surface area contributed by atoms with E-state index in [2.05, 4.69) is 43.5 Å². The van der Waals surface area contributed by atoms with Crippen LogP contribution in [0.1, 0.15) is 5.69 Å². The van der Waals surface area contributed by atoms with Gasteiger partial charge in [-0.3, -0.25) is 0 Å². The van der Waals surface area contributed by atoms with Crippen molar-refractivity contribution in [3.8, 4) is 0 Å². The number of hydrogen-bond acceptors (Lipinski definition) is 2. The molecule has 0 fully saturated rings. The van der Waals surface area contributed by atoms with Gasteiger partial charge in [0.15, 0.2) is 0 Å². The minimum absolute atomic E-state index is 0.778. The minimum Gasteiger partial charge on any atom is -0.398 e. The number of anilines is 1. The Bertz CT molecular complexity index is 239. The van der Waals surface area contributed by atoms with Crippen molar-refractivity contribution >= 4 is 44.2 Å². The van der Waals surface area contributed by atoms with E-state index in [1.54, 1.807) is 6.07 Å². The standard InChI is InChI=1S/C6H6BrIN2/c1-3-6(8)4(9)2-5(7)10-3/h2H,1H3,(H2,9,10). The monoisotopic (exact) mass is 312 g/mol. The molecule has 54 valence electrons. The maximum absolute atomic E-state index is 5.64. The summed E-state index contributed by atoms with van der Waals surface area (Å²) in [6.07, 6.45) is 0. The minimum atomic E-state index is 0.778. The second-order valence-electron chi connectivity index (χ2n) is 1.93. The molecule has 1 aromatic rings. The molecule has 0 saturated carbocycles. The van der Waals surface area contributed by atoms with E-state index in [1.165, 1.54) is 0 Å². The molecule has 0 aliphatic rings. The summed E-state index contributed by atoms with van der Waals surface area (Å²) in [5.74, 6) is 0. The van der Waals surface area contributed by atoms with Crippen molar-refractivity contribution in [2.45, 2.75) is 6.92 Å². The first kappa shape index (κ1) is 8.26. The lowest BCUT2D eigenvalue weighted by molar-refractivity contribution is 1.15. The first-order valence-electron chi connectivity index (χ1n) is 2.69. The van der Waals surface area contributed by atoms with E-state index < -0.39 is 0 Å². The van der Waals surface area contributed by atoms with Crippen LogP contribution in [0, 0.1) is 10.5 Å². The summed E-state index contributed by atoms with van der Waals surface area (Å²) in [5.41, 5.74) is 7.39. The predicted octanol–water partition coefficient (Wildman–Crippen LogP) is 2.34. The SMILES string of the molecule is Cc1nc(Br)cc(N)c1I. The zero-order valence-corrected chi connectivity index (χ0v) is 9.10. The lowest BCUT2D eigenvalue weighted by Gasteiger charge is -2.01. The molecule has 4 heteroatoms. The third-order valence-electron chi connectivity index (χ3n) is 1.12. The molecule has 1 heterocycles. The van der Waals surface area contributed by atoms with Crippen molar-refractivity contribution in [2.75, 3.05) is 5.73 Å². The van der Waals surface area contributed by atoms with Gasteiger partial charge in [0.05, 0.1) is 9.26 Å². The third-order valence-corrected chi connectivity index (χ3v) is 2.93. The van der Waals surface area contributed by atoms with Gasteiger partial charge in [0.1, 0.15) is 4.60 Å². The molecular weight excluding hydrogens is 307 g/mol. The molecular formula is C6H6BrIN2. The first-order chi connectivity index (χ1) is 4.61. The molecule has 0 aromatic carbocycles. The van der Waals surface area contributed by atoms with Crippen LogP contribution >= 0.6 is 38.5 Å². The number of halogens is 2. The van der Waals surface area contributed by atoms with Gasteiger partial charge in [-0.25, -0.2) is 4.98 Å². The van der Waals surface area contributed by atoms with Crippen molar-refractivity contribution < 1.29 is 0 Å². The highest BCUT2D eigenvalue weighted by atomic mass is 127. The zero-order valence-electron chi connectivity index (χ0n) is 5.36. The van der Waals surface area contributed by atoms with E-state index in [4.69, 9.17) is 5.73 Å². The van der Waals surface area contributed by atoms with Crippen LogP contribution < -0.4 is 5.73 Å². The van der Waals surface area contributed by atoms with Crippen molar-refractivity contribution in [1.82, 2.24) is 4.98 Å². The Hall–Kier alpha value is 0.160. The van der Waals surface area contributed by atoms with E-state index in [9.17, 15) is 0 Å². The predicted molar refractivity (Wildman–Crippen MR) is 53.8 cm³/mol. The molecule has 0 saturated heterocycles. The lowest BCUT2D eigenvalue weighted by Crippen LogP contribution is -1.94. The van der Waals surface area contributed by atoms with E-state index in [0.29, 0.717) is 0 Å². The average molecular weight is 313 g/mol. The topological polar surface area (TPSA) is 38.9 Å². The van der Waals surface area contributed by atoms with Gasteiger partial charge >= 0.3 is 0 Å². The van der Waals surface area contributed by atoms with Gasteiger partial charge in [-0.1, -0.05) is 0 Å². The number of nitrogen functional groups attached to an aromatic ring is 1. The summed E-state index contributed by atoms with van der Waals surface area (Å²) in [5, 5.41) is 0. The molecule has 0 aliphatic carbocycles. The second kappa shape index (κ2) is 3.04. The molecule has 2 nitrogen and oxygen atoms in total. The summed E-state index contributed by atoms with van der Waals surface area (Å²) in [6.45, 7) is 1.93. The Kier molecular flexibility index (Phi) is 2.51. The van der Waals surface area contributed by atoms with Crippen molar-refractivity contribution in [3.63, 3.8) is 0 Å². The lowest BCUT2D eigenvalue weighted by atomic mass is 10.3. The summed E-state index contributed by atoms with van der Waals surface area (Å²) in [6, 6.07) is 1.80. The molecule has 0 aliphatic heterocycles. The first-order valence-corrected chi connectivity index (χ1v) is 4.56. The molecule has 2 N–H and O–H groups in total. The third kappa shape index (κ3) is 1.60. The molecule has 0 atom stereocenters. The van der Waals surface area contributed by atoms with E-state index in [1.807, 2.05) is 6.92 Å². The van der Waals surface area contributed by atoms with Gasteiger partial charge in [0.2, 0.25) is 0 Å². The van der Waals surface area contributed by atoms with Crippen LogP contribution in [0.15, 0.2) is 10.7 Å². The summed E-state index contributed by atoms with van der Waals surface area (Å²) >= 11 is 5.43. The van der Waals surface area contributed by atoms with Gasteiger partial charge in [0.25, 0.3) is 0 Å². The quantitative estimate of drug-likeness (QED) is 0.590. The fourth-order valence-corrected chi connectivity index (χ4v) is 1.43. The Morgan fingerprint density at radius 1 is 1.70 bits per heavy atom. The molecule has 1 aromatic heterocycles. The van der Waals surface area contributed by atoms with Gasteiger partial charge in [-0.2, -0.15) is 0 Å². The molecule has 0 bridgehead atoms. The zero-order chi connectivity index (χ0) is 7.72. The number of aromatic nitrogens is 1. The van der Waals surface area contributed by atoms with Gasteiger partial charge < -0.3 is 5.73 Å². The highest BCUT2D eigenvalue weighted by Gasteiger charge is 2.00. The number of nitrogens with two attached hydrogens (primary N) is 1. The molecule has 10 heavy (non-hydrogen) atoms. The van der Waals surface area contributed by atoms with Gasteiger partial charge in [-0.05, 0) is 51.5 Å². The van der Waals surface area contributed by atoms with Crippen LogP contribution in [0.5, 0.6) is 0 Å². The number of rotatable bonds is 0. The van der Waals surface area contributed by atoms with E-state index >= 15 is 0 Å². The van der Waals surface area contributed by atoms with Gasteiger partial charge in [0, 0.05) is 5.69 Å². The summed E-state index contributed by atoms with van der Waals surface area (Å²) < 4.78 is 1.82.